The second-order valence-electron chi connectivity index (χ2n) is 4.72. The summed E-state index contributed by atoms with van der Waals surface area (Å²) < 4.78 is 88.3. The Kier molecular flexibility index (Phi) is 5.63. The Morgan fingerprint density at radius 2 is 1.35 bits per heavy atom. The van der Waals surface area contributed by atoms with Crippen LogP contribution in [0, 0.1) is 29.1 Å². The molecule has 0 atom stereocenters. The number of halogens is 5. The van der Waals surface area contributed by atoms with Gasteiger partial charge >= 0.3 is 0 Å². The molecule has 6 nitrogen and oxygen atoms in total. The Hall–Kier alpha value is -2.51. The lowest BCUT2D eigenvalue weighted by atomic mass is 10.2. The van der Waals surface area contributed by atoms with Crippen LogP contribution >= 0.6 is 12.2 Å². The number of thiocarbonyl (C=S) groups is 1. The Morgan fingerprint density at radius 1 is 0.885 bits per heavy atom. The summed E-state index contributed by atoms with van der Waals surface area (Å²) in [5.41, 5.74) is 2.75. The Balaban J connectivity index is 2.08. The summed E-state index contributed by atoms with van der Waals surface area (Å²) in [6, 6.07) is 4.90. The first-order chi connectivity index (χ1) is 12.0. The number of nitrogens with two attached hydrogens (primary N) is 1. The highest BCUT2D eigenvalue weighted by atomic mass is 32.2. The molecule has 0 bridgehead atoms. The number of hydrogen-bond donors (Lipinski definition) is 4. The second kappa shape index (κ2) is 7.39. The molecule has 2 aromatic carbocycles. The van der Waals surface area contributed by atoms with Gasteiger partial charge in [-0.15, -0.1) is 0 Å². The van der Waals surface area contributed by atoms with E-state index in [-0.39, 0.29) is 15.7 Å². The lowest BCUT2D eigenvalue weighted by Crippen LogP contribution is -2.34. The number of benzene rings is 2. The van der Waals surface area contributed by atoms with Crippen molar-refractivity contribution in [1.82, 2.24) is 5.43 Å². The summed E-state index contributed by atoms with van der Waals surface area (Å²) in [6.07, 6.45) is 0. The van der Waals surface area contributed by atoms with Gasteiger partial charge < -0.3 is 5.32 Å². The van der Waals surface area contributed by atoms with Gasteiger partial charge in [-0.05, 0) is 36.5 Å². The molecule has 0 aliphatic heterocycles. The Morgan fingerprint density at radius 3 is 1.81 bits per heavy atom. The highest BCUT2D eigenvalue weighted by Crippen LogP contribution is 2.26. The molecule has 0 spiro atoms. The maximum absolute atomic E-state index is 13.5. The van der Waals surface area contributed by atoms with Gasteiger partial charge in [-0.25, -0.2) is 35.5 Å². The van der Waals surface area contributed by atoms with E-state index in [1.165, 1.54) is 12.1 Å². The fourth-order valence-electron chi connectivity index (χ4n) is 1.72. The number of anilines is 2. The first-order valence-corrected chi connectivity index (χ1v) is 8.45. The summed E-state index contributed by atoms with van der Waals surface area (Å²) in [5.74, 6) is -10.7. The summed E-state index contributed by atoms with van der Waals surface area (Å²) in [5, 5.41) is 7.11. The van der Waals surface area contributed by atoms with Gasteiger partial charge in [0.2, 0.25) is 15.8 Å². The Bertz CT molecular complexity index is 938. The zero-order valence-corrected chi connectivity index (χ0v) is 14.0. The average molecular weight is 412 g/mol. The van der Waals surface area contributed by atoms with Gasteiger partial charge in [0.1, 0.15) is 5.69 Å². The summed E-state index contributed by atoms with van der Waals surface area (Å²) in [6.45, 7) is 0. The standard InChI is InChI=1S/C13H9F5N4O2S2/c14-7-8(15)10(17)12(11(18)9(7)16)21-22-13(25)20-5-1-3-6(4-2-5)26(19,23)24/h1-4,21H,(H2,19,23,24)(H2,20,22,25). The minimum Gasteiger partial charge on any atom is -0.331 e. The van der Waals surface area contributed by atoms with E-state index in [4.69, 9.17) is 17.4 Å². The Labute approximate surface area is 149 Å². The SMILES string of the molecule is NS(=O)(=O)c1ccc(NC(=S)NNc2c(F)c(F)c(F)c(F)c2F)cc1. The van der Waals surface area contributed by atoms with E-state index >= 15 is 0 Å². The number of hydrogen-bond acceptors (Lipinski definition) is 4. The van der Waals surface area contributed by atoms with Crippen LogP contribution in [0.15, 0.2) is 29.2 Å². The van der Waals surface area contributed by atoms with Crippen LogP contribution in [-0.2, 0) is 10.0 Å². The van der Waals surface area contributed by atoms with E-state index in [1.807, 2.05) is 5.43 Å². The minimum atomic E-state index is -3.89. The van der Waals surface area contributed by atoms with Crippen molar-refractivity contribution in [2.75, 3.05) is 10.7 Å². The monoisotopic (exact) mass is 412 g/mol. The second-order valence-corrected chi connectivity index (χ2v) is 6.69. The van der Waals surface area contributed by atoms with E-state index < -0.39 is 44.8 Å². The van der Waals surface area contributed by atoms with Gasteiger partial charge in [0.25, 0.3) is 0 Å². The van der Waals surface area contributed by atoms with Crippen LogP contribution in [0.2, 0.25) is 0 Å². The molecule has 0 unspecified atom stereocenters. The number of primary sulfonamides is 1. The van der Waals surface area contributed by atoms with Crippen molar-refractivity contribution >= 4 is 38.7 Å². The first kappa shape index (κ1) is 19.8. The summed E-state index contributed by atoms with van der Waals surface area (Å²) in [4.78, 5) is -0.165. The van der Waals surface area contributed by atoms with Gasteiger partial charge in [-0.3, -0.25) is 10.9 Å². The zero-order valence-electron chi connectivity index (χ0n) is 12.4. The fraction of sp³-hybridized carbons (Fsp3) is 0. The van der Waals surface area contributed by atoms with Crippen molar-refractivity contribution in [3.8, 4) is 0 Å². The van der Waals surface area contributed by atoms with Crippen molar-refractivity contribution < 1.29 is 30.4 Å². The number of sulfonamides is 1. The van der Waals surface area contributed by atoms with Crippen LogP contribution in [0.25, 0.3) is 0 Å². The average Bonchev–Trinajstić information content (AvgIpc) is 2.58. The molecular weight excluding hydrogens is 403 g/mol. The third-order valence-electron chi connectivity index (χ3n) is 2.95. The fourth-order valence-corrected chi connectivity index (χ4v) is 2.41. The molecule has 0 saturated carbocycles. The van der Waals surface area contributed by atoms with E-state index in [2.05, 4.69) is 5.32 Å². The van der Waals surface area contributed by atoms with E-state index in [0.29, 0.717) is 0 Å². The lowest BCUT2D eigenvalue weighted by molar-refractivity contribution is 0.381. The summed E-state index contributed by atoms with van der Waals surface area (Å²) >= 11 is 4.79. The van der Waals surface area contributed by atoms with Crippen LogP contribution in [0.5, 0.6) is 0 Å². The molecule has 13 heteroatoms. The highest BCUT2D eigenvalue weighted by Gasteiger charge is 2.25. The largest absolute Gasteiger partial charge is 0.331 e. The molecule has 5 N–H and O–H groups in total. The van der Waals surface area contributed by atoms with E-state index in [1.54, 1.807) is 5.43 Å². The molecule has 0 aromatic heterocycles. The van der Waals surface area contributed by atoms with Crippen molar-refractivity contribution in [1.29, 1.82) is 0 Å². The molecule has 0 radical (unpaired) electrons. The zero-order chi connectivity index (χ0) is 19.6. The maximum atomic E-state index is 13.5. The van der Waals surface area contributed by atoms with E-state index in [0.717, 1.165) is 12.1 Å². The third-order valence-corrected chi connectivity index (χ3v) is 4.08. The van der Waals surface area contributed by atoms with Crippen LogP contribution in [0.1, 0.15) is 0 Å². The highest BCUT2D eigenvalue weighted by molar-refractivity contribution is 7.89. The molecule has 26 heavy (non-hydrogen) atoms. The lowest BCUT2D eigenvalue weighted by Gasteiger charge is -2.14. The van der Waals surface area contributed by atoms with Gasteiger partial charge in [0.05, 0.1) is 4.90 Å². The van der Waals surface area contributed by atoms with Crippen LogP contribution in [0.3, 0.4) is 0 Å². The van der Waals surface area contributed by atoms with Crippen LogP contribution in [0.4, 0.5) is 33.3 Å². The molecule has 0 saturated heterocycles. The van der Waals surface area contributed by atoms with Gasteiger partial charge in [-0.1, -0.05) is 0 Å². The molecule has 0 amide bonds. The molecule has 0 aliphatic carbocycles. The molecule has 2 aromatic rings. The first-order valence-electron chi connectivity index (χ1n) is 6.49. The predicted octanol–water partition coefficient (Wildman–Crippen LogP) is 2.34. The molecule has 0 fully saturated rings. The molecule has 140 valence electrons. The third kappa shape index (κ3) is 4.17. The molecule has 0 aliphatic rings. The van der Waals surface area contributed by atoms with Crippen molar-refractivity contribution in [2.24, 2.45) is 5.14 Å². The minimum absolute atomic E-state index is 0.165. The normalized spacial score (nSPS) is 11.2. The quantitative estimate of drug-likeness (QED) is 0.202. The van der Waals surface area contributed by atoms with Crippen molar-refractivity contribution in [3.63, 3.8) is 0 Å². The molecule has 0 heterocycles. The van der Waals surface area contributed by atoms with Crippen LogP contribution in [-0.4, -0.2) is 13.5 Å². The predicted molar refractivity (Wildman–Crippen MR) is 87.0 cm³/mol. The molecular formula is C13H9F5N4O2S2. The molecule has 2 rings (SSSR count). The van der Waals surface area contributed by atoms with Crippen molar-refractivity contribution in [2.45, 2.75) is 4.90 Å². The van der Waals surface area contributed by atoms with Gasteiger partial charge in [0.15, 0.2) is 28.4 Å². The number of rotatable bonds is 4. The number of hydrazine groups is 1. The van der Waals surface area contributed by atoms with Gasteiger partial charge in [-0.2, -0.15) is 0 Å². The smallest absolute Gasteiger partial charge is 0.238 e. The van der Waals surface area contributed by atoms with Crippen molar-refractivity contribution in [3.05, 3.63) is 53.4 Å². The van der Waals surface area contributed by atoms with Crippen LogP contribution < -0.4 is 21.3 Å². The topological polar surface area (TPSA) is 96.2 Å². The number of nitrogens with one attached hydrogen (secondary N) is 3. The van der Waals surface area contributed by atoms with E-state index in [9.17, 15) is 30.4 Å². The summed E-state index contributed by atoms with van der Waals surface area (Å²) in [7, 11) is -3.89. The van der Waals surface area contributed by atoms with Gasteiger partial charge in [0, 0.05) is 5.69 Å². The maximum Gasteiger partial charge on any atom is 0.238 e.